The van der Waals surface area contributed by atoms with E-state index in [1.807, 2.05) is 18.0 Å². The molecule has 1 N–H and O–H groups in total. The molecule has 18 heavy (non-hydrogen) atoms. The van der Waals surface area contributed by atoms with Gasteiger partial charge in [0.05, 0.1) is 13.1 Å². The van der Waals surface area contributed by atoms with Crippen LogP contribution >= 0.6 is 55.6 Å². The minimum atomic E-state index is 0. The Morgan fingerprint density at radius 3 is 2.56 bits per heavy atom. The van der Waals surface area contributed by atoms with Gasteiger partial charge in [-0.05, 0) is 63.9 Å². The van der Waals surface area contributed by atoms with Crippen molar-refractivity contribution in [2.75, 3.05) is 20.1 Å². The van der Waals surface area contributed by atoms with Crippen molar-refractivity contribution < 1.29 is 4.79 Å². The Hall–Kier alpha value is 0.380. The summed E-state index contributed by atoms with van der Waals surface area (Å²) in [6.45, 7) is 1.99. The number of thiophene rings is 1. The lowest BCUT2D eigenvalue weighted by molar-refractivity contribution is 0.0703. The molecule has 1 aromatic rings. The normalized spacial score (nSPS) is 16.2. The summed E-state index contributed by atoms with van der Waals surface area (Å²) in [5, 5.41) is 3.31. The highest BCUT2D eigenvalue weighted by Gasteiger charge is 2.25. The first-order valence-corrected chi connectivity index (χ1v) is 7.92. The molecule has 0 unspecified atom stereocenters. The molecule has 0 aliphatic carbocycles. The molecule has 1 aromatic heterocycles. The van der Waals surface area contributed by atoms with Gasteiger partial charge in [0.1, 0.15) is 0 Å². The zero-order valence-corrected chi connectivity index (χ0v) is 14.7. The number of halogens is 3. The largest absolute Gasteiger partial charge is 0.339 e. The molecule has 0 saturated carbocycles. The summed E-state index contributed by atoms with van der Waals surface area (Å²) in [5.74, 6) is 0.103. The summed E-state index contributed by atoms with van der Waals surface area (Å²) in [6, 6.07) is 2.24. The molecule has 3 nitrogen and oxygen atoms in total. The van der Waals surface area contributed by atoms with Crippen molar-refractivity contribution >= 4 is 61.5 Å². The van der Waals surface area contributed by atoms with Gasteiger partial charge in [-0.3, -0.25) is 4.79 Å². The molecule has 0 bridgehead atoms. The van der Waals surface area contributed by atoms with Crippen molar-refractivity contribution in [1.29, 1.82) is 0 Å². The summed E-state index contributed by atoms with van der Waals surface area (Å²) in [6.07, 6.45) is 2.07. The third kappa shape index (κ3) is 3.70. The molecule has 2 rings (SSSR count). The lowest BCUT2D eigenvalue weighted by Crippen LogP contribution is -2.43. The summed E-state index contributed by atoms with van der Waals surface area (Å²) in [4.78, 5) is 14.2. The predicted molar refractivity (Wildman–Crippen MR) is 85.0 cm³/mol. The summed E-state index contributed by atoms with van der Waals surface area (Å²) in [7, 11) is 1.90. The SMILES string of the molecule is CN(C(=O)c1cc(Br)sc1Br)C1CCNCC1.Cl. The number of carbonyl (C=O) groups excluding carboxylic acids is 1. The smallest absolute Gasteiger partial charge is 0.255 e. The van der Waals surface area contributed by atoms with Gasteiger partial charge in [0.2, 0.25) is 0 Å². The van der Waals surface area contributed by atoms with Gasteiger partial charge in [0.25, 0.3) is 5.91 Å². The highest BCUT2D eigenvalue weighted by Crippen LogP contribution is 2.33. The summed E-state index contributed by atoms with van der Waals surface area (Å²) >= 11 is 8.38. The van der Waals surface area contributed by atoms with Crippen molar-refractivity contribution in [1.82, 2.24) is 10.2 Å². The van der Waals surface area contributed by atoms with Gasteiger partial charge in [-0.15, -0.1) is 23.7 Å². The van der Waals surface area contributed by atoms with Gasteiger partial charge in [0, 0.05) is 13.1 Å². The van der Waals surface area contributed by atoms with Crippen LogP contribution in [0.15, 0.2) is 13.6 Å². The lowest BCUT2D eigenvalue weighted by Gasteiger charge is -2.31. The zero-order valence-electron chi connectivity index (χ0n) is 9.91. The second-order valence-electron chi connectivity index (χ2n) is 4.14. The van der Waals surface area contributed by atoms with Crippen LogP contribution in [0.4, 0.5) is 0 Å². The average Bonchev–Trinajstić information content (AvgIpc) is 2.68. The number of rotatable bonds is 2. The maximum Gasteiger partial charge on any atom is 0.255 e. The van der Waals surface area contributed by atoms with E-state index in [1.54, 1.807) is 0 Å². The predicted octanol–water partition coefficient (Wildman–Crippen LogP) is 3.52. The maximum atomic E-state index is 12.3. The number of amides is 1. The number of carbonyl (C=O) groups is 1. The van der Waals surface area contributed by atoms with Crippen molar-refractivity contribution in [3.05, 3.63) is 19.2 Å². The highest BCUT2D eigenvalue weighted by atomic mass is 79.9. The quantitative estimate of drug-likeness (QED) is 0.797. The fourth-order valence-electron chi connectivity index (χ4n) is 2.04. The first-order chi connectivity index (χ1) is 8.09. The second kappa shape index (κ2) is 7.24. The van der Waals surface area contributed by atoms with Crippen molar-refractivity contribution in [3.63, 3.8) is 0 Å². The first-order valence-electron chi connectivity index (χ1n) is 5.52. The van der Waals surface area contributed by atoms with E-state index in [0.717, 1.165) is 39.1 Å². The minimum absolute atomic E-state index is 0. The van der Waals surface area contributed by atoms with Gasteiger partial charge in [-0.1, -0.05) is 0 Å². The molecule has 0 spiro atoms. The van der Waals surface area contributed by atoms with Crippen LogP contribution in [0.1, 0.15) is 23.2 Å². The van der Waals surface area contributed by atoms with Crippen LogP contribution in [0.2, 0.25) is 0 Å². The molecule has 102 valence electrons. The number of nitrogens with one attached hydrogen (secondary N) is 1. The molecule has 1 aliphatic heterocycles. The van der Waals surface area contributed by atoms with Crippen LogP contribution in [0, 0.1) is 0 Å². The molecular formula is C11H15Br2ClN2OS. The van der Waals surface area contributed by atoms with Crippen LogP contribution in [0.3, 0.4) is 0 Å². The summed E-state index contributed by atoms with van der Waals surface area (Å²) in [5.41, 5.74) is 0.753. The van der Waals surface area contributed by atoms with E-state index in [4.69, 9.17) is 0 Å². The Bertz CT molecular complexity index is 421. The van der Waals surface area contributed by atoms with E-state index in [1.165, 1.54) is 11.3 Å². The Balaban J connectivity index is 0.00000162. The Morgan fingerprint density at radius 1 is 1.44 bits per heavy atom. The van der Waals surface area contributed by atoms with Crippen LogP contribution in [-0.2, 0) is 0 Å². The molecule has 2 heterocycles. The van der Waals surface area contributed by atoms with E-state index < -0.39 is 0 Å². The molecule has 1 aliphatic rings. The highest BCUT2D eigenvalue weighted by molar-refractivity contribution is 9.12. The molecule has 0 aromatic carbocycles. The number of hydrogen-bond acceptors (Lipinski definition) is 3. The number of nitrogens with zero attached hydrogens (tertiary/aromatic N) is 1. The maximum absolute atomic E-state index is 12.3. The van der Waals surface area contributed by atoms with Crippen LogP contribution < -0.4 is 5.32 Å². The zero-order chi connectivity index (χ0) is 12.4. The standard InChI is InChI=1S/C11H14Br2N2OS.ClH/c1-15(7-2-4-14-5-3-7)11(16)8-6-9(12)17-10(8)13;/h6-7,14H,2-5H2,1H3;1H. The monoisotopic (exact) mass is 416 g/mol. The van der Waals surface area contributed by atoms with Crippen LogP contribution in [-0.4, -0.2) is 37.0 Å². The Labute approximate surface area is 134 Å². The third-order valence-corrected chi connectivity index (χ3v) is 5.40. The number of piperidine rings is 1. The van der Waals surface area contributed by atoms with Gasteiger partial charge in [-0.25, -0.2) is 0 Å². The topological polar surface area (TPSA) is 32.3 Å². The van der Waals surface area contributed by atoms with E-state index in [-0.39, 0.29) is 18.3 Å². The fraction of sp³-hybridized carbons (Fsp3) is 0.545. The first kappa shape index (κ1) is 16.4. The summed E-state index contributed by atoms with van der Waals surface area (Å²) < 4.78 is 1.88. The molecule has 1 amide bonds. The Morgan fingerprint density at radius 2 is 2.06 bits per heavy atom. The third-order valence-electron chi connectivity index (χ3n) is 3.06. The van der Waals surface area contributed by atoms with Crippen LogP contribution in [0.5, 0.6) is 0 Å². The lowest BCUT2D eigenvalue weighted by atomic mass is 10.0. The van der Waals surface area contributed by atoms with E-state index in [0.29, 0.717) is 6.04 Å². The van der Waals surface area contributed by atoms with Crippen molar-refractivity contribution in [2.45, 2.75) is 18.9 Å². The van der Waals surface area contributed by atoms with Gasteiger partial charge >= 0.3 is 0 Å². The van der Waals surface area contributed by atoms with Gasteiger partial charge in [-0.2, -0.15) is 0 Å². The van der Waals surface area contributed by atoms with Crippen LogP contribution in [0.25, 0.3) is 0 Å². The van der Waals surface area contributed by atoms with E-state index >= 15 is 0 Å². The molecule has 0 atom stereocenters. The average molecular weight is 419 g/mol. The second-order valence-corrected chi connectivity index (χ2v) is 7.88. The molecule has 0 radical (unpaired) electrons. The molecule has 1 saturated heterocycles. The molecular weight excluding hydrogens is 403 g/mol. The number of hydrogen-bond donors (Lipinski definition) is 1. The Kier molecular flexibility index (Phi) is 6.61. The molecule has 7 heteroatoms. The van der Waals surface area contributed by atoms with Crippen molar-refractivity contribution in [3.8, 4) is 0 Å². The molecule has 1 fully saturated rings. The van der Waals surface area contributed by atoms with E-state index in [9.17, 15) is 4.79 Å². The van der Waals surface area contributed by atoms with E-state index in [2.05, 4.69) is 37.2 Å². The van der Waals surface area contributed by atoms with Gasteiger partial charge in [0.15, 0.2) is 0 Å². The fourth-order valence-corrected chi connectivity index (χ4v) is 4.81. The minimum Gasteiger partial charge on any atom is -0.339 e. The van der Waals surface area contributed by atoms with Crippen molar-refractivity contribution in [2.24, 2.45) is 0 Å². The van der Waals surface area contributed by atoms with Gasteiger partial charge < -0.3 is 10.2 Å².